The minimum Gasteiger partial charge on any atom is -0.406 e. The van der Waals surface area contributed by atoms with Crippen LogP contribution >= 0.6 is 0 Å². The normalized spacial score (nSPS) is 14.7. The Bertz CT molecular complexity index is 1130. The number of alkyl halides is 3. The molecule has 0 N–H and O–H groups in total. The Morgan fingerprint density at radius 1 is 1.03 bits per heavy atom. The lowest BCUT2D eigenvalue weighted by atomic mass is 10.1. The van der Waals surface area contributed by atoms with Gasteiger partial charge in [-0.1, -0.05) is 12.1 Å². The molecule has 2 heterocycles. The molecule has 0 aliphatic carbocycles. The Balaban J connectivity index is 1.56. The van der Waals surface area contributed by atoms with Gasteiger partial charge in [-0.05, 0) is 42.0 Å². The number of amides is 3. The fourth-order valence-electron chi connectivity index (χ4n) is 3.27. The van der Waals surface area contributed by atoms with E-state index < -0.39 is 29.9 Å². The van der Waals surface area contributed by atoms with E-state index >= 15 is 0 Å². The highest BCUT2D eigenvalue weighted by Crippen LogP contribution is 2.29. The number of imide groups is 1. The summed E-state index contributed by atoms with van der Waals surface area (Å²) in [6.07, 6.45) is -3.43. The van der Waals surface area contributed by atoms with Crippen LogP contribution in [0.1, 0.15) is 5.56 Å². The maximum Gasteiger partial charge on any atom is 0.573 e. The first-order chi connectivity index (χ1) is 14.2. The summed E-state index contributed by atoms with van der Waals surface area (Å²) >= 11 is 0. The topological polar surface area (TPSA) is 62.7 Å². The molecule has 10 heteroatoms. The lowest BCUT2D eigenvalue weighted by molar-refractivity contribution is -0.274. The minimum absolute atomic E-state index is 0.0405. The molecule has 4 rings (SSSR count). The molecule has 0 radical (unpaired) electrons. The largest absolute Gasteiger partial charge is 0.573 e. The van der Waals surface area contributed by atoms with Gasteiger partial charge in [0.05, 0.1) is 5.69 Å². The number of halogens is 4. The molecule has 1 saturated heterocycles. The zero-order valence-electron chi connectivity index (χ0n) is 15.2. The van der Waals surface area contributed by atoms with Crippen molar-refractivity contribution >= 4 is 28.5 Å². The van der Waals surface area contributed by atoms with E-state index in [-0.39, 0.29) is 24.3 Å². The monoisotopic (exact) mass is 419 g/mol. The van der Waals surface area contributed by atoms with Crippen LogP contribution < -0.4 is 9.64 Å². The number of pyridine rings is 1. The van der Waals surface area contributed by atoms with Crippen LogP contribution in [0.3, 0.4) is 0 Å². The highest BCUT2D eigenvalue weighted by atomic mass is 19.4. The summed E-state index contributed by atoms with van der Waals surface area (Å²) in [7, 11) is 0. The first kappa shape index (κ1) is 19.6. The number of carbonyl (C=O) groups excluding carboxylic acids is 2. The number of carbonyl (C=O) groups is 2. The quantitative estimate of drug-likeness (QED) is 0.469. The van der Waals surface area contributed by atoms with Crippen LogP contribution in [0.2, 0.25) is 0 Å². The van der Waals surface area contributed by atoms with Gasteiger partial charge in [-0.3, -0.25) is 9.78 Å². The molecular weight excluding hydrogens is 406 g/mol. The second kappa shape index (κ2) is 7.29. The summed E-state index contributed by atoms with van der Waals surface area (Å²) in [5, 5.41) is 0.518. The molecule has 0 unspecified atom stereocenters. The molecule has 1 aliphatic heterocycles. The molecule has 0 atom stereocenters. The third kappa shape index (κ3) is 3.76. The van der Waals surface area contributed by atoms with Crippen molar-refractivity contribution in [3.63, 3.8) is 0 Å². The Hall–Kier alpha value is -3.69. The molecular formula is C20H13F4N3O3. The summed E-state index contributed by atoms with van der Waals surface area (Å²) in [5.41, 5.74) is 0.883. The average molecular weight is 419 g/mol. The third-order valence-corrected chi connectivity index (χ3v) is 4.54. The number of hydrogen-bond donors (Lipinski definition) is 0. The van der Waals surface area contributed by atoms with Crippen molar-refractivity contribution in [1.29, 1.82) is 0 Å². The first-order valence-electron chi connectivity index (χ1n) is 8.73. The fraction of sp³-hybridized carbons (Fsp3) is 0.150. The molecule has 30 heavy (non-hydrogen) atoms. The zero-order chi connectivity index (χ0) is 21.5. The van der Waals surface area contributed by atoms with E-state index in [4.69, 9.17) is 0 Å². The van der Waals surface area contributed by atoms with Crippen LogP contribution in [0, 0.1) is 5.82 Å². The number of hydrogen-bond acceptors (Lipinski definition) is 4. The van der Waals surface area contributed by atoms with E-state index in [2.05, 4.69) is 9.72 Å². The highest BCUT2D eigenvalue weighted by Gasteiger charge is 2.37. The predicted octanol–water partition coefficient (Wildman–Crippen LogP) is 4.24. The van der Waals surface area contributed by atoms with Gasteiger partial charge in [0.25, 0.3) is 5.91 Å². The molecule has 0 saturated carbocycles. The van der Waals surface area contributed by atoms with Crippen LogP contribution in [0.25, 0.3) is 10.9 Å². The zero-order valence-corrected chi connectivity index (χ0v) is 15.2. The lowest BCUT2D eigenvalue weighted by Crippen LogP contribution is -2.32. The second-order valence-electron chi connectivity index (χ2n) is 6.52. The molecule has 2 aromatic carbocycles. The Labute approximate surface area is 167 Å². The summed E-state index contributed by atoms with van der Waals surface area (Å²) in [6, 6.07) is 9.89. The number of fused-ring (bicyclic) bond motifs is 1. The van der Waals surface area contributed by atoms with Crippen molar-refractivity contribution in [2.24, 2.45) is 0 Å². The molecule has 1 aromatic heterocycles. The second-order valence-corrected chi connectivity index (χ2v) is 6.52. The number of ether oxygens (including phenoxy) is 1. The molecule has 3 aromatic rings. The van der Waals surface area contributed by atoms with E-state index in [1.54, 1.807) is 12.1 Å². The van der Waals surface area contributed by atoms with Crippen molar-refractivity contribution in [3.8, 4) is 5.75 Å². The number of para-hydroxylation sites is 1. The predicted molar refractivity (Wildman–Crippen MR) is 98.1 cm³/mol. The van der Waals surface area contributed by atoms with E-state index in [1.165, 1.54) is 35.4 Å². The van der Waals surface area contributed by atoms with Gasteiger partial charge in [0.15, 0.2) is 0 Å². The number of rotatable bonds is 4. The lowest BCUT2D eigenvalue weighted by Gasteiger charge is -2.18. The fourth-order valence-corrected chi connectivity index (χ4v) is 3.27. The Morgan fingerprint density at radius 2 is 1.77 bits per heavy atom. The first-order valence-corrected chi connectivity index (χ1v) is 8.73. The van der Waals surface area contributed by atoms with Crippen LogP contribution in [-0.4, -0.2) is 34.7 Å². The van der Waals surface area contributed by atoms with Gasteiger partial charge in [-0.2, -0.15) is 0 Å². The number of aromatic nitrogens is 1. The summed E-state index contributed by atoms with van der Waals surface area (Å²) in [5.74, 6) is -1.50. The highest BCUT2D eigenvalue weighted by molar-refractivity contribution is 6.19. The van der Waals surface area contributed by atoms with E-state index in [1.807, 2.05) is 0 Å². The van der Waals surface area contributed by atoms with Crippen molar-refractivity contribution in [3.05, 3.63) is 66.1 Å². The van der Waals surface area contributed by atoms with Gasteiger partial charge in [0, 0.05) is 18.1 Å². The number of anilines is 1. The van der Waals surface area contributed by atoms with Gasteiger partial charge in [0.1, 0.15) is 23.6 Å². The minimum atomic E-state index is -4.84. The maximum absolute atomic E-state index is 14.0. The van der Waals surface area contributed by atoms with Crippen LogP contribution in [-0.2, 0) is 11.3 Å². The van der Waals surface area contributed by atoms with E-state index in [0.29, 0.717) is 10.9 Å². The number of nitrogens with zero attached hydrogens (tertiary/aromatic N) is 3. The Kier molecular flexibility index (Phi) is 4.76. The molecule has 6 nitrogen and oxygen atoms in total. The summed E-state index contributed by atoms with van der Waals surface area (Å²) in [6.45, 7) is -0.183. The van der Waals surface area contributed by atoms with Crippen LogP contribution in [0.4, 0.5) is 28.0 Å². The average Bonchev–Trinajstić information content (AvgIpc) is 2.95. The molecule has 1 aliphatic rings. The van der Waals surface area contributed by atoms with Crippen molar-refractivity contribution in [2.75, 3.05) is 11.4 Å². The molecule has 0 bridgehead atoms. The summed E-state index contributed by atoms with van der Waals surface area (Å²) < 4.78 is 54.6. The van der Waals surface area contributed by atoms with Crippen LogP contribution in [0.5, 0.6) is 5.75 Å². The molecule has 3 amide bonds. The van der Waals surface area contributed by atoms with E-state index in [0.717, 1.165) is 17.0 Å². The molecule has 0 spiro atoms. The smallest absolute Gasteiger partial charge is 0.406 e. The molecule has 1 fully saturated rings. The van der Waals surface area contributed by atoms with Gasteiger partial charge < -0.3 is 9.64 Å². The van der Waals surface area contributed by atoms with Crippen molar-refractivity contribution < 1.29 is 31.9 Å². The van der Waals surface area contributed by atoms with Crippen molar-refractivity contribution in [1.82, 2.24) is 9.88 Å². The Morgan fingerprint density at radius 3 is 2.47 bits per heavy atom. The van der Waals surface area contributed by atoms with Gasteiger partial charge >= 0.3 is 12.4 Å². The third-order valence-electron chi connectivity index (χ3n) is 4.54. The van der Waals surface area contributed by atoms with Crippen molar-refractivity contribution in [2.45, 2.75) is 12.9 Å². The van der Waals surface area contributed by atoms with Gasteiger partial charge in [-0.15, -0.1) is 13.2 Å². The van der Waals surface area contributed by atoms with Gasteiger partial charge in [0.2, 0.25) is 0 Å². The SMILES string of the molecule is O=C1CN(Cc2ccnc3c(F)cccc23)C(=O)N1c1ccc(OC(F)(F)F)cc1. The van der Waals surface area contributed by atoms with Crippen LogP contribution in [0.15, 0.2) is 54.7 Å². The number of benzene rings is 2. The summed E-state index contributed by atoms with van der Waals surface area (Å²) in [4.78, 5) is 31.3. The maximum atomic E-state index is 14.0. The standard InChI is InChI=1S/C20H13F4N3O3/c21-16-3-1-2-15-12(8-9-25-18(15)16)10-26-11-17(28)27(19(26)29)13-4-6-14(7-5-13)30-20(22,23)24/h1-9H,10-11H2. The van der Waals surface area contributed by atoms with E-state index in [9.17, 15) is 27.2 Å². The number of urea groups is 1. The van der Waals surface area contributed by atoms with Gasteiger partial charge in [-0.25, -0.2) is 14.1 Å². The molecule has 154 valence electrons.